The van der Waals surface area contributed by atoms with Gasteiger partial charge in [-0.1, -0.05) is 29.3 Å². The Labute approximate surface area is 166 Å². The van der Waals surface area contributed by atoms with Crippen LogP contribution in [0.3, 0.4) is 0 Å². The fourth-order valence-corrected chi connectivity index (χ4v) is 3.21. The third-order valence-corrected chi connectivity index (χ3v) is 5.12. The molecular weight excluding hydrogens is 381 g/mol. The fraction of sp³-hybridized carbons (Fsp3) is 0.0952. The molecule has 0 spiro atoms. The number of hydrogen-bond acceptors (Lipinski definition) is 4. The molecule has 27 heavy (non-hydrogen) atoms. The third kappa shape index (κ3) is 3.34. The maximum Gasteiger partial charge on any atom is 0.155 e. The number of ether oxygens (including phenoxy) is 1. The summed E-state index contributed by atoms with van der Waals surface area (Å²) < 4.78 is 6.26. The van der Waals surface area contributed by atoms with Crippen molar-refractivity contribution in [3.63, 3.8) is 0 Å². The van der Waals surface area contributed by atoms with Crippen molar-refractivity contribution in [1.29, 1.82) is 0 Å². The molecule has 3 aromatic heterocycles. The first-order chi connectivity index (χ1) is 13.0. The molecule has 4 nitrogen and oxygen atoms in total. The van der Waals surface area contributed by atoms with Gasteiger partial charge in [0.25, 0.3) is 0 Å². The van der Waals surface area contributed by atoms with Gasteiger partial charge in [-0.15, -0.1) is 0 Å². The summed E-state index contributed by atoms with van der Waals surface area (Å²) in [5, 5.41) is 1.52. The molecule has 0 N–H and O–H groups in total. The Morgan fingerprint density at radius 2 is 1.74 bits per heavy atom. The molecule has 0 aliphatic rings. The Kier molecular flexibility index (Phi) is 4.68. The van der Waals surface area contributed by atoms with Gasteiger partial charge >= 0.3 is 0 Å². The lowest BCUT2D eigenvalue weighted by Gasteiger charge is -2.15. The van der Waals surface area contributed by atoms with Gasteiger partial charge in [0.15, 0.2) is 5.75 Å². The summed E-state index contributed by atoms with van der Waals surface area (Å²) in [7, 11) is 0. The van der Waals surface area contributed by atoms with Crippen molar-refractivity contribution in [3.8, 4) is 22.9 Å². The van der Waals surface area contributed by atoms with E-state index in [0.717, 1.165) is 17.0 Å². The van der Waals surface area contributed by atoms with E-state index in [9.17, 15) is 0 Å². The second-order valence-corrected chi connectivity index (χ2v) is 6.90. The van der Waals surface area contributed by atoms with Crippen LogP contribution in [0.1, 0.15) is 11.3 Å². The van der Waals surface area contributed by atoms with Crippen LogP contribution in [0.15, 0.2) is 54.9 Å². The molecule has 6 heteroatoms. The molecule has 0 atom stereocenters. The van der Waals surface area contributed by atoms with Crippen LogP contribution in [0.25, 0.3) is 22.3 Å². The summed E-state index contributed by atoms with van der Waals surface area (Å²) in [6.07, 6.45) is 3.41. The first kappa shape index (κ1) is 17.7. The second-order valence-electron chi connectivity index (χ2n) is 6.12. The molecule has 134 valence electrons. The minimum absolute atomic E-state index is 0.411. The van der Waals surface area contributed by atoms with Crippen molar-refractivity contribution in [1.82, 2.24) is 15.0 Å². The minimum Gasteiger partial charge on any atom is -0.454 e. The summed E-state index contributed by atoms with van der Waals surface area (Å²) in [4.78, 5) is 13.5. The van der Waals surface area contributed by atoms with Crippen LogP contribution in [0.2, 0.25) is 10.0 Å². The van der Waals surface area contributed by atoms with Gasteiger partial charge in [-0.2, -0.15) is 0 Å². The molecule has 0 saturated carbocycles. The summed E-state index contributed by atoms with van der Waals surface area (Å²) >= 11 is 12.6. The van der Waals surface area contributed by atoms with Gasteiger partial charge < -0.3 is 4.74 Å². The van der Waals surface area contributed by atoms with Crippen molar-refractivity contribution in [2.24, 2.45) is 0 Å². The summed E-state index contributed by atoms with van der Waals surface area (Å²) in [6.45, 7) is 3.95. The van der Waals surface area contributed by atoms with E-state index in [2.05, 4.69) is 9.97 Å². The number of hydrogen-bond donors (Lipinski definition) is 0. The van der Waals surface area contributed by atoms with E-state index in [1.54, 1.807) is 24.5 Å². The lowest BCUT2D eigenvalue weighted by atomic mass is 10.1. The Balaban J connectivity index is 1.90. The van der Waals surface area contributed by atoms with E-state index in [0.29, 0.717) is 38.1 Å². The molecule has 3 heterocycles. The largest absolute Gasteiger partial charge is 0.454 e. The van der Waals surface area contributed by atoms with E-state index in [-0.39, 0.29) is 0 Å². The maximum atomic E-state index is 6.43. The molecular formula is C21H15Cl2N3O. The van der Waals surface area contributed by atoms with Crippen LogP contribution >= 0.6 is 23.2 Å². The van der Waals surface area contributed by atoms with Crippen molar-refractivity contribution in [2.45, 2.75) is 13.8 Å². The standard InChI is InChI=1S/C21H15Cl2N3O/c1-12-11-18(21(26-13(12)2)16-5-3-4-9-24-16)27-17-8-10-25-15-7-6-14(22)20(23)19(15)17/h3-11H,1-2H3. The van der Waals surface area contributed by atoms with Crippen LogP contribution in [0.4, 0.5) is 0 Å². The molecule has 0 amide bonds. The van der Waals surface area contributed by atoms with Crippen molar-refractivity contribution >= 4 is 34.1 Å². The van der Waals surface area contributed by atoms with E-state index in [1.165, 1.54) is 0 Å². The van der Waals surface area contributed by atoms with Gasteiger partial charge in [-0.3, -0.25) is 9.97 Å². The molecule has 0 aliphatic heterocycles. The number of aromatic nitrogens is 3. The zero-order valence-corrected chi connectivity index (χ0v) is 16.2. The van der Waals surface area contributed by atoms with E-state index in [4.69, 9.17) is 32.9 Å². The van der Waals surface area contributed by atoms with Crippen LogP contribution in [0, 0.1) is 13.8 Å². The highest BCUT2D eigenvalue weighted by molar-refractivity contribution is 6.45. The van der Waals surface area contributed by atoms with Gasteiger partial charge in [-0.05, 0) is 55.8 Å². The molecule has 0 aliphatic carbocycles. The van der Waals surface area contributed by atoms with Crippen molar-refractivity contribution in [2.75, 3.05) is 0 Å². The molecule has 0 saturated heterocycles. The van der Waals surface area contributed by atoms with Crippen LogP contribution < -0.4 is 4.74 Å². The smallest absolute Gasteiger partial charge is 0.155 e. The monoisotopic (exact) mass is 395 g/mol. The second kappa shape index (κ2) is 7.14. The SMILES string of the molecule is Cc1cc(Oc2ccnc3ccc(Cl)c(Cl)c23)c(-c2ccccn2)nc1C. The topological polar surface area (TPSA) is 47.9 Å². The minimum atomic E-state index is 0.411. The number of fused-ring (bicyclic) bond motifs is 1. The molecule has 4 rings (SSSR count). The number of rotatable bonds is 3. The highest BCUT2D eigenvalue weighted by atomic mass is 35.5. The van der Waals surface area contributed by atoms with Gasteiger partial charge in [-0.25, -0.2) is 4.98 Å². The highest BCUT2D eigenvalue weighted by Gasteiger charge is 2.16. The molecule has 0 unspecified atom stereocenters. The number of pyridine rings is 3. The van der Waals surface area contributed by atoms with Gasteiger partial charge in [0, 0.05) is 18.1 Å². The first-order valence-corrected chi connectivity index (χ1v) is 9.10. The van der Waals surface area contributed by atoms with Gasteiger partial charge in [0.1, 0.15) is 11.4 Å². The van der Waals surface area contributed by atoms with Gasteiger partial charge in [0.05, 0.1) is 26.6 Å². The summed E-state index contributed by atoms with van der Waals surface area (Å²) in [5.74, 6) is 1.16. The van der Waals surface area contributed by atoms with E-state index >= 15 is 0 Å². The number of halogens is 2. The zero-order chi connectivity index (χ0) is 19.0. The molecule has 4 aromatic rings. The fourth-order valence-electron chi connectivity index (χ4n) is 2.80. The number of benzene rings is 1. The Bertz CT molecular complexity index is 1150. The Hall–Kier alpha value is -2.69. The molecule has 1 aromatic carbocycles. The van der Waals surface area contributed by atoms with Gasteiger partial charge in [0.2, 0.25) is 0 Å². The summed E-state index contributed by atoms with van der Waals surface area (Å²) in [6, 6.07) is 12.9. The quantitative estimate of drug-likeness (QED) is 0.402. The van der Waals surface area contributed by atoms with Crippen LogP contribution in [-0.2, 0) is 0 Å². The number of nitrogens with zero attached hydrogens (tertiary/aromatic N) is 3. The Morgan fingerprint density at radius 1 is 0.889 bits per heavy atom. The van der Waals surface area contributed by atoms with Crippen LogP contribution in [-0.4, -0.2) is 15.0 Å². The predicted molar refractivity (Wildman–Crippen MR) is 109 cm³/mol. The molecule has 0 radical (unpaired) electrons. The molecule has 0 fully saturated rings. The molecule has 0 bridgehead atoms. The maximum absolute atomic E-state index is 6.43. The van der Waals surface area contributed by atoms with E-state index in [1.807, 2.05) is 44.2 Å². The van der Waals surface area contributed by atoms with Crippen LogP contribution in [0.5, 0.6) is 11.5 Å². The van der Waals surface area contributed by atoms with E-state index < -0.39 is 0 Å². The normalized spacial score (nSPS) is 11.0. The third-order valence-electron chi connectivity index (χ3n) is 4.32. The zero-order valence-electron chi connectivity index (χ0n) is 14.7. The average Bonchev–Trinajstić information content (AvgIpc) is 2.68. The first-order valence-electron chi connectivity index (χ1n) is 8.35. The van der Waals surface area contributed by atoms with Crippen molar-refractivity contribution in [3.05, 3.63) is 76.2 Å². The van der Waals surface area contributed by atoms with Crippen molar-refractivity contribution < 1.29 is 4.74 Å². The average molecular weight is 396 g/mol. The predicted octanol–water partition coefficient (Wildman–Crippen LogP) is 6.41. The summed E-state index contributed by atoms with van der Waals surface area (Å²) in [5.41, 5.74) is 4.05. The lowest BCUT2D eigenvalue weighted by Crippen LogP contribution is -1.98. The Morgan fingerprint density at radius 3 is 2.52 bits per heavy atom. The number of aryl methyl sites for hydroxylation is 2. The lowest BCUT2D eigenvalue weighted by molar-refractivity contribution is 0.486. The highest BCUT2D eigenvalue weighted by Crippen LogP contribution is 2.39.